The normalized spacial score (nSPS) is 11.4. The van der Waals surface area contributed by atoms with E-state index in [0.29, 0.717) is 18.2 Å². The highest BCUT2D eigenvalue weighted by atomic mass is 32.2. The molecule has 156 valence electrons. The first-order valence-corrected chi connectivity index (χ1v) is 11.1. The van der Waals surface area contributed by atoms with E-state index >= 15 is 0 Å². The molecule has 3 aromatic rings. The highest BCUT2D eigenvalue weighted by Crippen LogP contribution is 2.22. The maximum atomic E-state index is 12.8. The Morgan fingerprint density at radius 3 is 2.37 bits per heavy atom. The summed E-state index contributed by atoms with van der Waals surface area (Å²) in [4.78, 5) is 28.5. The van der Waals surface area contributed by atoms with Gasteiger partial charge in [0.15, 0.2) is 0 Å². The van der Waals surface area contributed by atoms with Gasteiger partial charge in [-0.25, -0.2) is 22.9 Å². The predicted octanol–water partition coefficient (Wildman–Crippen LogP) is 3.70. The molecule has 0 saturated heterocycles. The molecule has 1 aromatic heterocycles. The van der Waals surface area contributed by atoms with Crippen LogP contribution in [0, 0.1) is 0 Å². The smallest absolute Gasteiger partial charge is 0.357 e. The first-order chi connectivity index (χ1) is 14.4. The molecule has 0 unspecified atom stereocenters. The zero-order chi connectivity index (χ0) is 21.7. The predicted molar refractivity (Wildman–Crippen MR) is 113 cm³/mol. The van der Waals surface area contributed by atoms with Crippen LogP contribution >= 0.6 is 0 Å². The van der Waals surface area contributed by atoms with Crippen molar-refractivity contribution in [2.75, 3.05) is 0 Å². The minimum absolute atomic E-state index is 0.00674. The number of fused-ring (bicyclic) bond motifs is 1. The van der Waals surface area contributed by atoms with Crippen molar-refractivity contribution in [1.29, 1.82) is 0 Å². The molecule has 0 aliphatic rings. The number of esters is 1. The number of hydrogen-bond donors (Lipinski definition) is 1. The van der Waals surface area contributed by atoms with Crippen LogP contribution in [0.25, 0.3) is 10.8 Å². The zero-order valence-corrected chi connectivity index (χ0v) is 17.5. The molecule has 1 N–H and O–H groups in total. The molecule has 0 bridgehead atoms. The van der Waals surface area contributed by atoms with E-state index in [1.54, 1.807) is 36.4 Å². The van der Waals surface area contributed by atoms with Crippen molar-refractivity contribution in [3.05, 3.63) is 72.1 Å². The van der Waals surface area contributed by atoms with E-state index in [0.717, 1.165) is 11.6 Å². The van der Waals surface area contributed by atoms with E-state index < -0.39 is 21.9 Å². The number of nitrogens with zero attached hydrogens (tertiary/aromatic N) is 1. The molecule has 8 heteroatoms. The molecule has 0 radical (unpaired) electrons. The van der Waals surface area contributed by atoms with Gasteiger partial charge in [0, 0.05) is 11.6 Å². The standard InChI is InChI=1S/C22H22N2O5S/c1-3-17(4-2)29-22(26)19-13-12-16(14-23-19)21(25)24-30(27,28)20-11-7-9-15-8-5-6-10-18(15)20/h5-14,17H,3-4H2,1-2H3,(H,24,25). The molecule has 0 aliphatic heterocycles. The molecular formula is C22H22N2O5S. The second kappa shape index (κ2) is 9.04. The largest absolute Gasteiger partial charge is 0.458 e. The number of aromatic nitrogens is 1. The van der Waals surface area contributed by atoms with E-state index in [4.69, 9.17) is 4.74 Å². The topological polar surface area (TPSA) is 102 Å². The van der Waals surface area contributed by atoms with Crippen LogP contribution < -0.4 is 4.72 Å². The Hall–Kier alpha value is -3.26. The van der Waals surface area contributed by atoms with E-state index in [9.17, 15) is 18.0 Å². The minimum Gasteiger partial charge on any atom is -0.458 e. The summed E-state index contributed by atoms with van der Waals surface area (Å²) < 4.78 is 32.9. The molecule has 0 saturated carbocycles. The third-order valence-corrected chi connectivity index (χ3v) is 6.07. The molecular weight excluding hydrogens is 404 g/mol. The van der Waals surface area contributed by atoms with Crippen molar-refractivity contribution < 1.29 is 22.7 Å². The Bertz CT molecular complexity index is 1160. The number of carbonyl (C=O) groups excluding carboxylic acids is 2. The van der Waals surface area contributed by atoms with Crippen molar-refractivity contribution in [2.24, 2.45) is 0 Å². The lowest BCUT2D eigenvalue weighted by Crippen LogP contribution is -2.31. The molecule has 3 rings (SSSR count). The molecule has 30 heavy (non-hydrogen) atoms. The van der Waals surface area contributed by atoms with Gasteiger partial charge in [-0.05, 0) is 36.4 Å². The van der Waals surface area contributed by atoms with Gasteiger partial charge in [-0.15, -0.1) is 0 Å². The first-order valence-electron chi connectivity index (χ1n) is 9.57. The average Bonchev–Trinajstić information content (AvgIpc) is 2.76. The molecule has 0 atom stereocenters. The number of sulfonamides is 1. The summed E-state index contributed by atoms with van der Waals surface area (Å²) in [6.07, 6.45) is 2.33. The van der Waals surface area contributed by atoms with Gasteiger partial charge in [0.25, 0.3) is 15.9 Å². The maximum absolute atomic E-state index is 12.8. The lowest BCUT2D eigenvalue weighted by Gasteiger charge is -2.13. The van der Waals surface area contributed by atoms with Gasteiger partial charge in [0.1, 0.15) is 11.8 Å². The number of rotatable bonds is 7. The fourth-order valence-electron chi connectivity index (χ4n) is 2.98. The first kappa shape index (κ1) is 21.4. The summed E-state index contributed by atoms with van der Waals surface area (Å²) in [5.74, 6) is -1.42. The Morgan fingerprint density at radius 2 is 1.70 bits per heavy atom. The van der Waals surface area contributed by atoms with Crippen LogP contribution in [0.2, 0.25) is 0 Å². The molecule has 0 spiro atoms. The van der Waals surface area contributed by atoms with Crippen LogP contribution in [0.5, 0.6) is 0 Å². The molecule has 7 nitrogen and oxygen atoms in total. The molecule has 1 amide bonds. The lowest BCUT2D eigenvalue weighted by molar-refractivity contribution is 0.0277. The fraction of sp³-hybridized carbons (Fsp3) is 0.227. The highest BCUT2D eigenvalue weighted by Gasteiger charge is 2.22. The quantitative estimate of drug-likeness (QED) is 0.578. The summed E-state index contributed by atoms with van der Waals surface area (Å²) in [5, 5.41) is 1.26. The number of ether oxygens (including phenoxy) is 1. The van der Waals surface area contributed by atoms with Crippen molar-refractivity contribution in [3.8, 4) is 0 Å². The SMILES string of the molecule is CCC(CC)OC(=O)c1ccc(C(=O)NS(=O)(=O)c2cccc3ccccc23)cn1. The molecule has 2 aromatic carbocycles. The number of pyridine rings is 1. The zero-order valence-electron chi connectivity index (χ0n) is 16.7. The van der Waals surface area contributed by atoms with Gasteiger partial charge in [-0.2, -0.15) is 0 Å². The van der Waals surface area contributed by atoms with Gasteiger partial charge in [-0.1, -0.05) is 50.2 Å². The van der Waals surface area contributed by atoms with Gasteiger partial charge in [-0.3, -0.25) is 4.79 Å². The van der Waals surface area contributed by atoms with Crippen LogP contribution in [0.4, 0.5) is 0 Å². The van der Waals surface area contributed by atoms with E-state index in [-0.39, 0.29) is 22.3 Å². The van der Waals surface area contributed by atoms with Crippen molar-refractivity contribution >= 4 is 32.7 Å². The maximum Gasteiger partial charge on any atom is 0.357 e. The third kappa shape index (κ3) is 4.65. The van der Waals surface area contributed by atoms with Crippen molar-refractivity contribution in [1.82, 2.24) is 9.71 Å². The van der Waals surface area contributed by atoms with Crippen molar-refractivity contribution in [2.45, 2.75) is 37.7 Å². The number of carbonyl (C=O) groups is 2. The number of amides is 1. The Balaban J connectivity index is 1.78. The summed E-state index contributed by atoms with van der Waals surface area (Å²) in [5.41, 5.74) is 0.0632. The van der Waals surface area contributed by atoms with E-state index in [2.05, 4.69) is 9.71 Å². The van der Waals surface area contributed by atoms with E-state index in [1.165, 1.54) is 18.2 Å². The van der Waals surface area contributed by atoms with Gasteiger partial charge in [0.05, 0.1) is 10.5 Å². The van der Waals surface area contributed by atoms with Crippen LogP contribution in [-0.4, -0.2) is 31.4 Å². The van der Waals surface area contributed by atoms with E-state index in [1.807, 2.05) is 13.8 Å². The molecule has 0 aliphatic carbocycles. The number of benzene rings is 2. The lowest BCUT2D eigenvalue weighted by atomic mass is 10.1. The second-order valence-corrected chi connectivity index (χ2v) is 8.34. The molecule has 0 fully saturated rings. The average molecular weight is 426 g/mol. The summed E-state index contributed by atoms with van der Waals surface area (Å²) in [6.45, 7) is 3.83. The third-order valence-electron chi connectivity index (χ3n) is 4.69. The monoisotopic (exact) mass is 426 g/mol. The summed E-state index contributed by atoms with van der Waals surface area (Å²) in [7, 11) is -4.10. The van der Waals surface area contributed by atoms with Crippen LogP contribution in [-0.2, 0) is 14.8 Å². The Morgan fingerprint density at radius 1 is 1.00 bits per heavy atom. The van der Waals surface area contributed by atoms with Crippen LogP contribution in [0.3, 0.4) is 0 Å². The van der Waals surface area contributed by atoms with Gasteiger partial charge >= 0.3 is 5.97 Å². The second-order valence-electron chi connectivity index (χ2n) is 6.69. The summed E-state index contributed by atoms with van der Waals surface area (Å²) in [6, 6.07) is 14.5. The van der Waals surface area contributed by atoms with Gasteiger partial charge < -0.3 is 4.74 Å². The summed E-state index contributed by atoms with van der Waals surface area (Å²) >= 11 is 0. The van der Waals surface area contributed by atoms with Crippen LogP contribution in [0.1, 0.15) is 47.5 Å². The van der Waals surface area contributed by atoms with Crippen molar-refractivity contribution in [3.63, 3.8) is 0 Å². The van der Waals surface area contributed by atoms with Gasteiger partial charge in [0.2, 0.25) is 0 Å². The number of hydrogen-bond acceptors (Lipinski definition) is 6. The minimum atomic E-state index is -4.10. The highest BCUT2D eigenvalue weighted by molar-refractivity contribution is 7.90. The van der Waals surface area contributed by atoms with Crippen LogP contribution in [0.15, 0.2) is 65.7 Å². The Labute approximate surface area is 175 Å². The number of nitrogens with one attached hydrogen (secondary N) is 1. The fourth-order valence-corrected chi connectivity index (χ4v) is 4.19. The molecule has 1 heterocycles. The Kier molecular flexibility index (Phi) is 6.47.